The van der Waals surface area contributed by atoms with E-state index >= 15 is 0 Å². The monoisotopic (exact) mass is 310 g/mol. The molecular weight excluding hydrogens is 305 g/mol. The maximum absolute atomic E-state index is 8.11. The Labute approximate surface area is 70.2 Å². The van der Waals surface area contributed by atoms with Gasteiger partial charge in [-0.15, -0.1) is 0 Å². The number of aliphatic hydroxyl groups is 2. The smallest absolute Gasteiger partial charge is 0.238 e. The van der Waals surface area contributed by atoms with Crippen LogP contribution in [0.4, 0.5) is 0 Å². The summed E-state index contributed by atoms with van der Waals surface area (Å²) in [5, 5.41) is 16.0. The van der Waals surface area contributed by atoms with E-state index in [0.717, 1.165) is 0 Å². The molecule has 0 aliphatic heterocycles. The normalized spacial score (nSPS) is 10.3. The zero-order valence-corrected chi connectivity index (χ0v) is 8.46. The number of hydrogen-bond acceptors (Lipinski definition) is 2. The second kappa shape index (κ2) is 4.27. The molecule has 2 nitrogen and oxygen atoms in total. The van der Waals surface area contributed by atoms with Gasteiger partial charge in [0.1, 0.15) is 6.61 Å². The predicted octanol–water partition coefficient (Wildman–Crippen LogP) is 0.0999. The molecule has 0 heterocycles. The largest absolute Gasteiger partial charge is 0.391 e. The minimum absolute atomic E-state index is 0. The van der Waals surface area contributed by atoms with Crippen molar-refractivity contribution in [2.75, 3.05) is 6.61 Å². The van der Waals surface area contributed by atoms with Gasteiger partial charge in [0.15, 0.2) is 0 Å². The second-order valence-corrected chi connectivity index (χ2v) is 2.27. The first kappa shape index (κ1) is 11.2. The standard InChI is InChI=1S/C2H4Cl2O2.Hf/c3-2(4,6)1-5;/h5-6H,1H2;. The first-order valence-electron chi connectivity index (χ1n) is 1.27. The summed E-state index contributed by atoms with van der Waals surface area (Å²) in [6.45, 7) is -0.643. The average Bonchev–Trinajstić information content (AvgIpc) is 1.35. The third-order valence-electron chi connectivity index (χ3n) is 0.190. The molecule has 0 aliphatic carbocycles. The molecule has 0 unspecified atom stereocenters. The van der Waals surface area contributed by atoms with E-state index in [2.05, 4.69) is 0 Å². The summed E-state index contributed by atoms with van der Waals surface area (Å²) in [6.07, 6.45) is 0. The van der Waals surface area contributed by atoms with Crippen LogP contribution >= 0.6 is 23.2 Å². The Morgan fingerprint density at radius 1 is 1.43 bits per heavy atom. The SMILES string of the molecule is OCC(O)(Cl)Cl.[Hf]. The van der Waals surface area contributed by atoms with Crippen molar-refractivity contribution in [3.63, 3.8) is 0 Å². The van der Waals surface area contributed by atoms with E-state index in [-0.39, 0.29) is 25.8 Å². The Morgan fingerprint density at radius 3 is 1.57 bits per heavy atom. The van der Waals surface area contributed by atoms with Crippen LogP contribution in [0.2, 0.25) is 0 Å². The molecule has 0 spiro atoms. The van der Waals surface area contributed by atoms with E-state index in [1.54, 1.807) is 0 Å². The van der Waals surface area contributed by atoms with Gasteiger partial charge in [-0.25, -0.2) is 0 Å². The first-order valence-corrected chi connectivity index (χ1v) is 2.03. The van der Waals surface area contributed by atoms with Gasteiger partial charge in [-0.1, -0.05) is 23.2 Å². The molecule has 0 atom stereocenters. The molecular formula is C2H4Cl2HfO2. The Hall–Kier alpha value is 1.37. The van der Waals surface area contributed by atoms with Crippen LogP contribution in [-0.2, 0) is 25.8 Å². The Kier molecular flexibility index (Phi) is 6.83. The summed E-state index contributed by atoms with van der Waals surface area (Å²) in [6, 6.07) is 0. The van der Waals surface area contributed by atoms with Gasteiger partial charge >= 0.3 is 0 Å². The molecule has 0 bridgehead atoms. The van der Waals surface area contributed by atoms with Gasteiger partial charge in [-0.2, -0.15) is 0 Å². The fourth-order valence-corrected chi connectivity index (χ4v) is 0. The van der Waals surface area contributed by atoms with Crippen molar-refractivity contribution >= 4 is 23.2 Å². The third-order valence-corrected chi connectivity index (χ3v) is 0.429. The maximum Gasteiger partial charge on any atom is 0.238 e. The van der Waals surface area contributed by atoms with E-state index in [1.807, 2.05) is 0 Å². The summed E-state index contributed by atoms with van der Waals surface area (Å²) in [5.41, 5.74) is 0. The van der Waals surface area contributed by atoms with Crippen LogP contribution < -0.4 is 0 Å². The van der Waals surface area contributed by atoms with Gasteiger partial charge in [0, 0.05) is 25.8 Å². The van der Waals surface area contributed by atoms with Gasteiger partial charge in [-0.05, 0) is 0 Å². The van der Waals surface area contributed by atoms with Gasteiger partial charge in [0.05, 0.1) is 0 Å². The Morgan fingerprint density at radius 2 is 1.57 bits per heavy atom. The molecule has 7 heavy (non-hydrogen) atoms. The summed E-state index contributed by atoms with van der Waals surface area (Å²) in [5.74, 6) is 0. The first-order chi connectivity index (χ1) is 2.56. The molecule has 0 aromatic rings. The summed E-state index contributed by atoms with van der Waals surface area (Å²) < 4.78 is -1.96. The molecule has 0 amide bonds. The fraction of sp³-hybridized carbons (Fsp3) is 1.00. The van der Waals surface area contributed by atoms with Crippen molar-refractivity contribution < 1.29 is 36.1 Å². The zero-order valence-electron chi connectivity index (χ0n) is 3.36. The molecule has 0 aromatic carbocycles. The molecule has 0 fully saturated rings. The third kappa shape index (κ3) is 11.1. The van der Waals surface area contributed by atoms with Crippen molar-refractivity contribution in [3.05, 3.63) is 0 Å². The molecule has 2 N–H and O–H groups in total. The van der Waals surface area contributed by atoms with Crippen molar-refractivity contribution in [1.29, 1.82) is 0 Å². The van der Waals surface area contributed by atoms with Crippen LogP contribution in [0.3, 0.4) is 0 Å². The number of aliphatic hydroxyl groups excluding tert-OH is 1. The quantitative estimate of drug-likeness (QED) is 0.533. The molecule has 0 aliphatic rings. The van der Waals surface area contributed by atoms with E-state index in [9.17, 15) is 0 Å². The van der Waals surface area contributed by atoms with Crippen LogP contribution in [0.1, 0.15) is 0 Å². The van der Waals surface area contributed by atoms with E-state index in [1.165, 1.54) is 0 Å². The number of hydrogen-bond donors (Lipinski definition) is 2. The number of rotatable bonds is 1. The van der Waals surface area contributed by atoms with Crippen LogP contribution in [0.5, 0.6) is 0 Å². The van der Waals surface area contributed by atoms with Gasteiger partial charge in [-0.3, -0.25) is 0 Å². The Bertz CT molecular complexity index is 43.4. The molecule has 0 saturated carbocycles. The molecule has 0 radical (unpaired) electrons. The van der Waals surface area contributed by atoms with Gasteiger partial charge < -0.3 is 10.2 Å². The second-order valence-electron chi connectivity index (χ2n) is 0.824. The van der Waals surface area contributed by atoms with E-state index < -0.39 is 11.1 Å². The molecule has 0 aromatic heterocycles. The molecule has 0 saturated heterocycles. The number of alkyl halides is 2. The maximum atomic E-state index is 8.11. The minimum atomic E-state index is -1.96. The summed E-state index contributed by atoms with van der Waals surface area (Å²) in [7, 11) is 0. The topological polar surface area (TPSA) is 40.5 Å². The molecule has 5 heteroatoms. The number of halogens is 2. The molecule has 0 rings (SSSR count). The van der Waals surface area contributed by atoms with Crippen molar-refractivity contribution in [3.8, 4) is 0 Å². The van der Waals surface area contributed by atoms with Crippen molar-refractivity contribution in [1.82, 2.24) is 0 Å². The van der Waals surface area contributed by atoms with Crippen molar-refractivity contribution in [2.24, 2.45) is 0 Å². The van der Waals surface area contributed by atoms with Crippen LogP contribution in [0, 0.1) is 0 Å². The van der Waals surface area contributed by atoms with Gasteiger partial charge in [0.25, 0.3) is 0 Å². The predicted molar refractivity (Wildman–Crippen MR) is 23.7 cm³/mol. The Balaban J connectivity index is 0. The minimum Gasteiger partial charge on any atom is -0.391 e. The van der Waals surface area contributed by atoms with Crippen LogP contribution in [0.15, 0.2) is 0 Å². The van der Waals surface area contributed by atoms with Gasteiger partial charge in [0.2, 0.25) is 4.52 Å². The van der Waals surface area contributed by atoms with Crippen LogP contribution in [-0.4, -0.2) is 21.3 Å². The average molecular weight is 309 g/mol. The van der Waals surface area contributed by atoms with Crippen molar-refractivity contribution in [2.45, 2.75) is 4.52 Å². The zero-order chi connectivity index (χ0) is 5.21. The van der Waals surface area contributed by atoms with E-state index in [0.29, 0.717) is 0 Å². The summed E-state index contributed by atoms with van der Waals surface area (Å²) in [4.78, 5) is 0. The fourth-order valence-electron chi connectivity index (χ4n) is 0. The van der Waals surface area contributed by atoms with Crippen LogP contribution in [0.25, 0.3) is 0 Å². The van der Waals surface area contributed by atoms with E-state index in [4.69, 9.17) is 33.4 Å². The summed E-state index contributed by atoms with van der Waals surface area (Å²) >= 11 is 9.58. The molecule has 42 valence electrons.